The Hall–Kier alpha value is -3.52. The van der Waals surface area contributed by atoms with E-state index in [1.54, 1.807) is 17.7 Å². The normalized spacial score (nSPS) is 16.5. The monoisotopic (exact) mass is 624 g/mol. The third kappa shape index (κ3) is 15.7. The third-order valence-corrected chi connectivity index (χ3v) is 8.85. The fraction of sp³-hybridized carbons (Fsp3) is 0.455. The Balaban J connectivity index is 0.000000480. The first-order valence-corrected chi connectivity index (χ1v) is 17.6. The first kappa shape index (κ1) is 40.5. The van der Waals surface area contributed by atoms with Crippen molar-refractivity contribution in [2.75, 3.05) is 6.79 Å². The van der Waals surface area contributed by atoms with Gasteiger partial charge in [-0.25, -0.2) is 0 Å². The van der Waals surface area contributed by atoms with Crippen LogP contribution in [0.15, 0.2) is 128 Å². The van der Waals surface area contributed by atoms with Crippen LogP contribution in [0.2, 0.25) is 0 Å². The molecule has 2 fully saturated rings. The van der Waals surface area contributed by atoms with E-state index in [1.165, 1.54) is 75.3 Å². The minimum atomic E-state index is 0.214. The van der Waals surface area contributed by atoms with Gasteiger partial charge in [0.15, 0.2) is 0 Å². The van der Waals surface area contributed by atoms with Crippen LogP contribution in [-0.2, 0) is 10.2 Å². The summed E-state index contributed by atoms with van der Waals surface area (Å²) in [5.41, 5.74) is 5.88. The molecule has 252 valence electrons. The number of hydrogen-bond donors (Lipinski definition) is 0. The van der Waals surface area contributed by atoms with Crippen LogP contribution in [0.5, 0.6) is 5.75 Å². The van der Waals surface area contributed by atoms with Crippen molar-refractivity contribution in [3.05, 3.63) is 139 Å². The van der Waals surface area contributed by atoms with E-state index < -0.39 is 0 Å². The van der Waals surface area contributed by atoms with Gasteiger partial charge in [-0.05, 0) is 100 Å². The fourth-order valence-corrected chi connectivity index (χ4v) is 6.05. The molecule has 0 bridgehead atoms. The second-order valence-corrected chi connectivity index (χ2v) is 12.2. The minimum absolute atomic E-state index is 0.214. The first-order chi connectivity index (χ1) is 22.4. The standard InChI is InChI=1S/C26H36O2.C12H16.C4H6.C2H6/c1-6-21(3)11-12-23(5)27-20-28-25-15-13-24(14-16-25)26(19-22(4)7-2)17-9-8-10-18-26;1-3-7-11(8-4-1)12-9-5-2-6-10-12;1-3-4-2;1-2/h6-7,11-16H,1,8-10,17-20H2,2-5H3;1,3-4,7-8,12H,2,5-6,9-10H2;3-4H,1-2H2;1-2H3/b21-11-,22-7+,23-12+;;;. The molecule has 0 amide bonds. The molecule has 2 aromatic carbocycles. The van der Waals surface area contributed by atoms with Gasteiger partial charge >= 0.3 is 0 Å². The van der Waals surface area contributed by atoms with E-state index in [0.717, 1.165) is 29.4 Å². The molecule has 0 unspecified atom stereocenters. The number of benzene rings is 2. The molecule has 0 aromatic heterocycles. The van der Waals surface area contributed by atoms with Crippen LogP contribution in [-0.4, -0.2) is 6.79 Å². The molecule has 0 aliphatic heterocycles. The molecule has 2 heteroatoms. The Morgan fingerprint density at radius 2 is 1.37 bits per heavy atom. The number of ether oxygens (including phenoxy) is 2. The van der Waals surface area contributed by atoms with Gasteiger partial charge in [-0.3, -0.25) is 0 Å². The van der Waals surface area contributed by atoms with Crippen LogP contribution >= 0.6 is 0 Å². The highest BCUT2D eigenvalue weighted by atomic mass is 16.7. The van der Waals surface area contributed by atoms with Gasteiger partial charge in [0.2, 0.25) is 6.79 Å². The quantitative estimate of drug-likeness (QED) is 0.107. The SMILES string of the molecule is C=C/C(C)=C\C=C(/C)OCOc1ccc(C2(C/C(C)=C/C)CCCCC2)cc1.C=CC=C.CC.c1ccc(C2CCCCC2)cc1. The van der Waals surface area contributed by atoms with E-state index in [4.69, 9.17) is 9.47 Å². The Bertz CT molecular complexity index is 1180. The summed E-state index contributed by atoms with van der Waals surface area (Å²) < 4.78 is 11.4. The van der Waals surface area contributed by atoms with Gasteiger partial charge in [0.25, 0.3) is 0 Å². The average Bonchev–Trinajstić information content (AvgIpc) is 3.13. The highest BCUT2D eigenvalue weighted by Crippen LogP contribution is 2.44. The second kappa shape index (κ2) is 24.7. The zero-order valence-electron chi connectivity index (χ0n) is 30.2. The third-order valence-electron chi connectivity index (χ3n) is 8.85. The zero-order valence-corrected chi connectivity index (χ0v) is 30.2. The maximum atomic E-state index is 5.77. The first-order valence-electron chi connectivity index (χ1n) is 17.6. The largest absolute Gasteiger partial charge is 0.462 e. The molecule has 2 saturated carbocycles. The predicted molar refractivity (Wildman–Crippen MR) is 204 cm³/mol. The number of allylic oxidation sites excluding steroid dienone is 9. The lowest BCUT2D eigenvalue weighted by Gasteiger charge is -2.38. The van der Waals surface area contributed by atoms with E-state index in [9.17, 15) is 0 Å². The zero-order chi connectivity index (χ0) is 34.0. The van der Waals surface area contributed by atoms with Gasteiger partial charge in [-0.1, -0.05) is 156 Å². The molecule has 0 spiro atoms. The maximum Gasteiger partial charge on any atom is 0.230 e. The van der Waals surface area contributed by atoms with Gasteiger partial charge in [-0.15, -0.1) is 0 Å². The molecular weight excluding hydrogens is 560 g/mol. The van der Waals surface area contributed by atoms with Crippen LogP contribution in [0.3, 0.4) is 0 Å². The van der Waals surface area contributed by atoms with Gasteiger partial charge in [0.05, 0.1) is 5.76 Å². The smallest absolute Gasteiger partial charge is 0.230 e. The Labute approximate surface area is 283 Å². The number of rotatable bonds is 11. The van der Waals surface area contributed by atoms with Crippen molar-refractivity contribution in [3.8, 4) is 5.75 Å². The van der Waals surface area contributed by atoms with Crippen molar-refractivity contribution >= 4 is 0 Å². The summed E-state index contributed by atoms with van der Waals surface area (Å²) >= 11 is 0. The second-order valence-electron chi connectivity index (χ2n) is 12.2. The summed E-state index contributed by atoms with van der Waals surface area (Å²) in [6.07, 6.45) is 26.1. The molecule has 0 atom stereocenters. The molecule has 2 aromatic rings. The topological polar surface area (TPSA) is 18.5 Å². The molecule has 46 heavy (non-hydrogen) atoms. The van der Waals surface area contributed by atoms with Crippen molar-refractivity contribution in [2.45, 2.75) is 124 Å². The molecule has 2 nitrogen and oxygen atoms in total. The molecule has 2 aliphatic carbocycles. The van der Waals surface area contributed by atoms with E-state index in [1.807, 2.05) is 45.9 Å². The van der Waals surface area contributed by atoms with Gasteiger partial charge in [0, 0.05) is 0 Å². The summed E-state index contributed by atoms with van der Waals surface area (Å²) in [6, 6.07) is 19.6. The van der Waals surface area contributed by atoms with Crippen molar-refractivity contribution in [1.82, 2.24) is 0 Å². The van der Waals surface area contributed by atoms with E-state index in [0.29, 0.717) is 5.41 Å². The summed E-state index contributed by atoms with van der Waals surface area (Å²) in [5.74, 6) is 2.53. The summed E-state index contributed by atoms with van der Waals surface area (Å²) in [7, 11) is 0. The average molecular weight is 625 g/mol. The van der Waals surface area contributed by atoms with Crippen LogP contribution in [0.4, 0.5) is 0 Å². The van der Waals surface area contributed by atoms with E-state index in [2.05, 4.69) is 94.3 Å². The molecule has 0 N–H and O–H groups in total. The molecule has 4 rings (SSSR count). The van der Waals surface area contributed by atoms with Crippen LogP contribution in [0, 0.1) is 0 Å². The predicted octanol–water partition coefficient (Wildman–Crippen LogP) is 13.8. The van der Waals surface area contributed by atoms with Crippen LogP contribution in [0.1, 0.15) is 129 Å². The molecule has 0 heterocycles. The lowest BCUT2D eigenvalue weighted by molar-refractivity contribution is 0.0619. The lowest BCUT2D eigenvalue weighted by Crippen LogP contribution is -2.29. The molecule has 2 aliphatic rings. The van der Waals surface area contributed by atoms with E-state index in [-0.39, 0.29) is 6.79 Å². The lowest BCUT2D eigenvalue weighted by atomic mass is 9.66. The van der Waals surface area contributed by atoms with Crippen LogP contribution in [0.25, 0.3) is 0 Å². The summed E-state index contributed by atoms with van der Waals surface area (Å²) in [5, 5.41) is 0. The highest BCUT2D eigenvalue weighted by molar-refractivity contribution is 5.34. The van der Waals surface area contributed by atoms with Crippen LogP contribution < -0.4 is 4.74 Å². The Kier molecular flexibility index (Phi) is 21.7. The van der Waals surface area contributed by atoms with Crippen molar-refractivity contribution < 1.29 is 9.47 Å². The summed E-state index contributed by atoms with van der Waals surface area (Å²) in [6.45, 7) is 23.0. The molecular formula is C44H64O2. The Morgan fingerprint density at radius 1 is 0.783 bits per heavy atom. The molecule has 0 radical (unpaired) electrons. The number of hydrogen-bond acceptors (Lipinski definition) is 2. The summed E-state index contributed by atoms with van der Waals surface area (Å²) in [4.78, 5) is 0. The van der Waals surface area contributed by atoms with Crippen molar-refractivity contribution in [1.29, 1.82) is 0 Å². The highest BCUT2D eigenvalue weighted by Gasteiger charge is 2.33. The van der Waals surface area contributed by atoms with Crippen molar-refractivity contribution in [2.24, 2.45) is 0 Å². The maximum absolute atomic E-state index is 5.77. The minimum Gasteiger partial charge on any atom is -0.462 e. The van der Waals surface area contributed by atoms with Gasteiger partial charge < -0.3 is 9.47 Å². The van der Waals surface area contributed by atoms with E-state index >= 15 is 0 Å². The fourth-order valence-electron chi connectivity index (χ4n) is 6.05. The Morgan fingerprint density at radius 3 is 1.91 bits per heavy atom. The van der Waals surface area contributed by atoms with Crippen molar-refractivity contribution in [3.63, 3.8) is 0 Å². The van der Waals surface area contributed by atoms with Gasteiger partial charge in [0.1, 0.15) is 5.75 Å². The van der Waals surface area contributed by atoms with Gasteiger partial charge in [-0.2, -0.15) is 0 Å². The molecule has 0 saturated heterocycles.